The number of hydrogen-bond donors (Lipinski definition) is 2. The Morgan fingerprint density at radius 1 is 1.00 bits per heavy atom. The second-order valence-electron chi connectivity index (χ2n) is 1.42. The molecule has 0 amide bonds. The summed E-state index contributed by atoms with van der Waals surface area (Å²) in [5, 5.41) is 9.33. The topological polar surface area (TPSA) is 70.2 Å². The normalized spacial score (nSPS) is 7.27. The molecule has 2 N–H and O–H groups in total. The molecule has 0 atom stereocenters. The molecule has 0 aliphatic carbocycles. The summed E-state index contributed by atoms with van der Waals surface area (Å²) in [4.78, 5) is 6.42. The van der Waals surface area contributed by atoms with Gasteiger partial charge in [-0.25, -0.2) is 4.98 Å². The lowest BCUT2D eigenvalue weighted by molar-refractivity contribution is 0.940. The minimum absolute atomic E-state index is 0. The van der Waals surface area contributed by atoms with Crippen molar-refractivity contribution in [1.29, 1.82) is 0 Å². The molecule has 2 aromatic rings. The van der Waals surface area contributed by atoms with Gasteiger partial charge in [0.25, 0.3) is 0 Å². The molecule has 0 radical (unpaired) electrons. The summed E-state index contributed by atoms with van der Waals surface area (Å²) in [6.45, 7) is 0. The minimum atomic E-state index is 0. The highest BCUT2D eigenvalue weighted by molar-refractivity contribution is 5.85. The fourth-order valence-corrected chi connectivity index (χ4v) is 0.382. The maximum atomic E-state index is 3.67. The van der Waals surface area contributed by atoms with Gasteiger partial charge in [-0.2, -0.15) is 15.4 Å². The van der Waals surface area contributed by atoms with Crippen LogP contribution < -0.4 is 0 Å². The van der Waals surface area contributed by atoms with Gasteiger partial charge < -0.3 is 4.98 Å². The van der Waals surface area contributed by atoms with Crippen molar-refractivity contribution in [3.63, 3.8) is 0 Å². The van der Waals surface area contributed by atoms with Gasteiger partial charge >= 0.3 is 0 Å². The molecule has 0 unspecified atom stereocenters. The van der Waals surface area contributed by atoms with Crippen molar-refractivity contribution in [3.05, 3.63) is 31.1 Å². The van der Waals surface area contributed by atoms with Crippen LogP contribution in [0.15, 0.2) is 31.1 Å². The van der Waals surface area contributed by atoms with Gasteiger partial charge in [0.1, 0.15) is 0 Å². The molecule has 2 rings (SSSR count). The van der Waals surface area contributed by atoms with Crippen molar-refractivity contribution < 1.29 is 0 Å². The Kier molecular flexibility index (Phi) is 5.92. The summed E-state index contributed by atoms with van der Waals surface area (Å²) in [6.07, 6.45) is 8.25. The molecule has 0 saturated heterocycles. The van der Waals surface area contributed by atoms with Crippen molar-refractivity contribution in [1.82, 2.24) is 25.4 Å². The highest BCUT2D eigenvalue weighted by Gasteiger charge is 1.57. The summed E-state index contributed by atoms with van der Waals surface area (Å²) in [7, 11) is 0. The Hall–Kier alpha value is -1.36. The molecule has 0 bridgehead atoms. The van der Waals surface area contributed by atoms with Gasteiger partial charge in [-0.15, -0.1) is 12.4 Å². The van der Waals surface area contributed by atoms with Gasteiger partial charge in [0, 0.05) is 12.4 Å². The number of nitrogens with zero attached hydrogens (tertiary/aromatic N) is 3. The first kappa shape index (κ1) is 9.64. The summed E-state index contributed by atoms with van der Waals surface area (Å²) in [5.41, 5.74) is 0. The van der Waals surface area contributed by atoms with Gasteiger partial charge in [-0.1, -0.05) is 0 Å². The van der Waals surface area contributed by atoms with Crippen LogP contribution in [0.1, 0.15) is 0 Å². The molecule has 6 heteroatoms. The highest BCUT2D eigenvalue weighted by Crippen LogP contribution is 1.62. The lowest BCUT2D eigenvalue weighted by atomic mass is 11.0. The minimum Gasteiger partial charge on any atom is -0.351 e. The van der Waals surface area contributed by atoms with E-state index < -0.39 is 0 Å². The first-order valence-electron chi connectivity index (χ1n) is 2.72. The number of nitrogens with one attached hydrogen (secondary N) is 2. The average molecular weight is 174 g/mol. The quantitative estimate of drug-likeness (QED) is 0.614. The summed E-state index contributed by atoms with van der Waals surface area (Å²) in [5.74, 6) is 0. The van der Waals surface area contributed by atoms with Gasteiger partial charge in [0.05, 0.1) is 18.7 Å². The Balaban J connectivity index is 0.000000167. The molecule has 0 aliphatic heterocycles. The van der Waals surface area contributed by atoms with Crippen molar-refractivity contribution in [2.24, 2.45) is 0 Å². The van der Waals surface area contributed by atoms with E-state index in [0.717, 1.165) is 0 Å². The number of aromatic nitrogens is 5. The zero-order valence-corrected chi connectivity index (χ0v) is 6.45. The van der Waals surface area contributed by atoms with Gasteiger partial charge in [-0.3, -0.25) is 0 Å². The Morgan fingerprint density at radius 3 is 1.91 bits per heavy atom. The third-order valence-electron chi connectivity index (χ3n) is 0.737. The van der Waals surface area contributed by atoms with Crippen molar-refractivity contribution in [2.45, 2.75) is 0 Å². The largest absolute Gasteiger partial charge is 0.351 e. The Labute approximate surface area is 69.7 Å². The van der Waals surface area contributed by atoms with Gasteiger partial charge in [0.2, 0.25) is 0 Å². The van der Waals surface area contributed by atoms with E-state index in [2.05, 4.69) is 25.4 Å². The van der Waals surface area contributed by atoms with Crippen molar-refractivity contribution in [2.75, 3.05) is 0 Å². The van der Waals surface area contributed by atoms with E-state index in [1.165, 1.54) is 0 Å². The third-order valence-corrected chi connectivity index (χ3v) is 0.737. The predicted molar refractivity (Wildman–Crippen MR) is 42.2 cm³/mol. The summed E-state index contributed by atoms with van der Waals surface area (Å²) < 4.78 is 0. The fourth-order valence-electron chi connectivity index (χ4n) is 0.382. The Bertz CT molecular complexity index is 154. The number of aromatic amines is 2. The molecular formula is C5H8ClN5. The van der Waals surface area contributed by atoms with Crippen LogP contribution in [0, 0.1) is 0 Å². The molecule has 2 heterocycles. The first-order chi connectivity index (χ1) is 5.00. The lowest BCUT2D eigenvalue weighted by Gasteiger charge is -1.48. The van der Waals surface area contributed by atoms with E-state index in [0.29, 0.717) is 0 Å². The van der Waals surface area contributed by atoms with Gasteiger partial charge in [-0.05, 0) is 0 Å². The maximum absolute atomic E-state index is 3.67. The van der Waals surface area contributed by atoms with Crippen molar-refractivity contribution >= 4 is 12.4 Å². The average Bonchev–Trinajstić information content (AvgIpc) is 2.67. The van der Waals surface area contributed by atoms with E-state index in [9.17, 15) is 0 Å². The maximum Gasteiger partial charge on any atom is 0.0919 e. The van der Waals surface area contributed by atoms with Crippen LogP contribution in [0.3, 0.4) is 0 Å². The fraction of sp³-hybridized carbons (Fsp3) is 0. The number of imidazole rings is 1. The van der Waals surface area contributed by atoms with Crippen LogP contribution in [0.4, 0.5) is 0 Å². The molecule has 0 aromatic carbocycles. The van der Waals surface area contributed by atoms with Crippen LogP contribution >= 0.6 is 12.4 Å². The van der Waals surface area contributed by atoms with E-state index in [1.54, 1.807) is 31.1 Å². The second-order valence-corrected chi connectivity index (χ2v) is 1.42. The smallest absolute Gasteiger partial charge is 0.0919 e. The van der Waals surface area contributed by atoms with Crippen LogP contribution in [0.25, 0.3) is 0 Å². The monoisotopic (exact) mass is 173 g/mol. The number of halogens is 1. The molecule has 5 nitrogen and oxygen atoms in total. The van der Waals surface area contributed by atoms with E-state index >= 15 is 0 Å². The van der Waals surface area contributed by atoms with Crippen LogP contribution in [-0.2, 0) is 0 Å². The molecular weight excluding hydrogens is 166 g/mol. The molecule has 0 spiro atoms. The van der Waals surface area contributed by atoms with E-state index in [4.69, 9.17) is 0 Å². The zero-order chi connectivity index (χ0) is 7.07. The molecule has 11 heavy (non-hydrogen) atoms. The number of hydrogen-bond acceptors (Lipinski definition) is 3. The van der Waals surface area contributed by atoms with E-state index in [1.807, 2.05) is 0 Å². The summed E-state index contributed by atoms with van der Waals surface area (Å²) in [6, 6.07) is 0. The third kappa shape index (κ3) is 5.10. The number of rotatable bonds is 0. The SMILES string of the molecule is Cl.c1c[nH]cn1.c1cn[nH]n1. The molecule has 2 aromatic heterocycles. The highest BCUT2D eigenvalue weighted by atomic mass is 35.5. The van der Waals surface area contributed by atoms with Crippen LogP contribution in [0.5, 0.6) is 0 Å². The zero-order valence-electron chi connectivity index (χ0n) is 5.64. The van der Waals surface area contributed by atoms with Crippen LogP contribution in [-0.4, -0.2) is 25.4 Å². The number of H-pyrrole nitrogens is 2. The second kappa shape index (κ2) is 6.76. The molecule has 0 aliphatic rings. The van der Waals surface area contributed by atoms with Crippen molar-refractivity contribution in [3.8, 4) is 0 Å². The molecule has 0 saturated carbocycles. The van der Waals surface area contributed by atoms with Gasteiger partial charge in [0.15, 0.2) is 0 Å². The summed E-state index contributed by atoms with van der Waals surface area (Å²) >= 11 is 0. The van der Waals surface area contributed by atoms with Crippen LogP contribution in [0.2, 0.25) is 0 Å². The first-order valence-corrected chi connectivity index (χ1v) is 2.72. The van der Waals surface area contributed by atoms with E-state index in [-0.39, 0.29) is 12.4 Å². The Morgan fingerprint density at radius 2 is 1.73 bits per heavy atom. The standard InChI is InChI=1S/C3H4N2.C2H3N3.ClH/c1-2-5-3-4-1;1-2-4-5-3-1;/h1-3H,(H,4,5);1-2H,(H,3,4,5);1H. The molecule has 60 valence electrons. The molecule has 0 fully saturated rings. The predicted octanol–water partition coefficient (Wildman–Crippen LogP) is 0.636. The lowest BCUT2D eigenvalue weighted by Crippen LogP contribution is -1.61.